The SMILES string of the molecule is CC(=O)NC(Cc1c[nH]c2cc(F)ccc12)C(=O)N1CCC(CO)C1. The molecule has 134 valence electrons. The molecule has 1 fully saturated rings. The van der Waals surface area contributed by atoms with Gasteiger partial charge in [-0.05, 0) is 30.2 Å². The minimum absolute atomic E-state index is 0.0581. The Labute approximate surface area is 145 Å². The van der Waals surface area contributed by atoms with Crippen LogP contribution in [0, 0.1) is 11.7 Å². The van der Waals surface area contributed by atoms with Gasteiger partial charge in [0, 0.05) is 56.1 Å². The summed E-state index contributed by atoms with van der Waals surface area (Å²) in [7, 11) is 0. The lowest BCUT2D eigenvalue weighted by Gasteiger charge is -2.24. The van der Waals surface area contributed by atoms with E-state index in [2.05, 4.69) is 10.3 Å². The third-order valence-corrected chi connectivity index (χ3v) is 4.68. The normalized spacial score (nSPS) is 18.5. The molecule has 2 heterocycles. The van der Waals surface area contributed by atoms with Gasteiger partial charge in [0.25, 0.3) is 0 Å². The third-order valence-electron chi connectivity index (χ3n) is 4.68. The van der Waals surface area contributed by atoms with Gasteiger partial charge in [-0.15, -0.1) is 0 Å². The maximum Gasteiger partial charge on any atom is 0.245 e. The lowest BCUT2D eigenvalue weighted by atomic mass is 10.0. The van der Waals surface area contributed by atoms with Crippen molar-refractivity contribution < 1.29 is 19.1 Å². The van der Waals surface area contributed by atoms with Gasteiger partial charge < -0.3 is 20.3 Å². The average Bonchev–Trinajstić information content (AvgIpc) is 3.20. The van der Waals surface area contributed by atoms with E-state index >= 15 is 0 Å². The molecule has 6 nitrogen and oxygen atoms in total. The molecule has 2 unspecified atom stereocenters. The molecule has 3 rings (SSSR count). The third kappa shape index (κ3) is 3.82. The van der Waals surface area contributed by atoms with Crippen molar-refractivity contribution in [3.8, 4) is 0 Å². The zero-order chi connectivity index (χ0) is 18.0. The van der Waals surface area contributed by atoms with Crippen LogP contribution in [0.1, 0.15) is 18.9 Å². The van der Waals surface area contributed by atoms with E-state index in [9.17, 15) is 19.1 Å². The number of carbonyl (C=O) groups is 2. The Balaban J connectivity index is 1.80. The van der Waals surface area contributed by atoms with Gasteiger partial charge in [0.15, 0.2) is 0 Å². The summed E-state index contributed by atoms with van der Waals surface area (Å²) in [6.45, 7) is 2.53. The number of aliphatic hydroxyl groups excluding tert-OH is 1. The van der Waals surface area contributed by atoms with Crippen LogP contribution in [0.2, 0.25) is 0 Å². The maximum atomic E-state index is 13.3. The highest BCUT2D eigenvalue weighted by Gasteiger charge is 2.31. The Hall–Kier alpha value is -2.41. The van der Waals surface area contributed by atoms with Crippen molar-refractivity contribution in [2.75, 3.05) is 19.7 Å². The average molecular weight is 347 g/mol. The first-order valence-electron chi connectivity index (χ1n) is 8.40. The van der Waals surface area contributed by atoms with Crippen molar-refractivity contribution in [2.24, 2.45) is 5.92 Å². The molecule has 2 atom stereocenters. The van der Waals surface area contributed by atoms with Gasteiger partial charge in [0.1, 0.15) is 11.9 Å². The molecule has 0 aliphatic carbocycles. The summed E-state index contributed by atoms with van der Waals surface area (Å²) < 4.78 is 13.3. The van der Waals surface area contributed by atoms with Gasteiger partial charge in [-0.1, -0.05) is 0 Å². The van der Waals surface area contributed by atoms with Gasteiger partial charge >= 0.3 is 0 Å². The molecule has 3 N–H and O–H groups in total. The molecule has 7 heteroatoms. The fourth-order valence-corrected chi connectivity index (χ4v) is 3.39. The van der Waals surface area contributed by atoms with Crippen molar-refractivity contribution in [2.45, 2.75) is 25.8 Å². The Morgan fingerprint density at radius 2 is 2.28 bits per heavy atom. The number of amides is 2. The van der Waals surface area contributed by atoms with Crippen molar-refractivity contribution >= 4 is 22.7 Å². The van der Waals surface area contributed by atoms with E-state index in [1.807, 2.05) is 0 Å². The number of H-pyrrole nitrogens is 1. The summed E-state index contributed by atoms with van der Waals surface area (Å²) in [5.41, 5.74) is 1.51. The smallest absolute Gasteiger partial charge is 0.245 e. The summed E-state index contributed by atoms with van der Waals surface area (Å²) in [6, 6.07) is 3.77. The number of nitrogens with zero attached hydrogens (tertiary/aromatic N) is 1. The molecule has 0 saturated carbocycles. The van der Waals surface area contributed by atoms with Crippen LogP contribution < -0.4 is 5.32 Å². The number of fused-ring (bicyclic) bond motifs is 1. The molecule has 25 heavy (non-hydrogen) atoms. The number of carbonyl (C=O) groups excluding carboxylic acids is 2. The van der Waals surface area contributed by atoms with Crippen LogP contribution in [0.15, 0.2) is 24.4 Å². The van der Waals surface area contributed by atoms with E-state index < -0.39 is 6.04 Å². The predicted octanol–water partition coefficient (Wildman–Crippen LogP) is 1.19. The second-order valence-electron chi connectivity index (χ2n) is 6.58. The van der Waals surface area contributed by atoms with Gasteiger partial charge in [-0.25, -0.2) is 4.39 Å². The summed E-state index contributed by atoms with van der Waals surface area (Å²) in [5.74, 6) is -0.662. The largest absolute Gasteiger partial charge is 0.396 e. The van der Waals surface area contributed by atoms with Crippen molar-refractivity contribution in [1.29, 1.82) is 0 Å². The molecule has 1 aliphatic heterocycles. The molecular formula is C18H22FN3O3. The fraction of sp³-hybridized carbons (Fsp3) is 0.444. The standard InChI is InChI=1S/C18H22FN3O3/c1-11(24)21-17(18(25)22-5-4-12(9-22)10-23)6-13-8-20-16-7-14(19)2-3-15(13)16/h2-3,7-8,12,17,20,23H,4-6,9-10H2,1H3,(H,21,24). The molecule has 1 saturated heterocycles. The second-order valence-corrected chi connectivity index (χ2v) is 6.58. The summed E-state index contributed by atoms with van der Waals surface area (Å²) in [6.07, 6.45) is 2.83. The van der Waals surface area contributed by atoms with Gasteiger partial charge in [-0.3, -0.25) is 9.59 Å². The molecule has 1 aromatic carbocycles. The second kappa shape index (κ2) is 7.23. The van der Waals surface area contributed by atoms with E-state index in [-0.39, 0.29) is 30.2 Å². The molecule has 0 bridgehead atoms. The fourth-order valence-electron chi connectivity index (χ4n) is 3.39. The first kappa shape index (κ1) is 17.4. The van der Waals surface area contributed by atoms with Crippen molar-refractivity contribution in [1.82, 2.24) is 15.2 Å². The Kier molecular flexibility index (Phi) is 5.03. The number of nitrogens with one attached hydrogen (secondary N) is 2. The number of rotatable bonds is 5. The van der Waals surface area contributed by atoms with Crippen LogP contribution in [-0.4, -0.2) is 52.5 Å². The molecule has 0 spiro atoms. The maximum absolute atomic E-state index is 13.3. The van der Waals surface area contributed by atoms with Crippen LogP contribution in [0.25, 0.3) is 10.9 Å². The van der Waals surface area contributed by atoms with E-state index in [0.29, 0.717) is 25.0 Å². The Morgan fingerprint density at radius 1 is 1.48 bits per heavy atom. The minimum atomic E-state index is -0.681. The molecule has 1 aliphatic rings. The Morgan fingerprint density at radius 3 is 2.96 bits per heavy atom. The first-order chi connectivity index (χ1) is 12.0. The lowest BCUT2D eigenvalue weighted by molar-refractivity contribution is -0.135. The molecular weight excluding hydrogens is 325 g/mol. The van der Waals surface area contributed by atoms with Crippen LogP contribution in [-0.2, 0) is 16.0 Å². The van der Waals surface area contributed by atoms with Crippen LogP contribution in [0.4, 0.5) is 4.39 Å². The Bertz CT molecular complexity index is 789. The molecule has 2 aromatic rings. The highest BCUT2D eigenvalue weighted by atomic mass is 19.1. The highest BCUT2D eigenvalue weighted by molar-refractivity contribution is 5.89. The topological polar surface area (TPSA) is 85.4 Å². The zero-order valence-electron chi connectivity index (χ0n) is 14.1. The monoisotopic (exact) mass is 347 g/mol. The lowest BCUT2D eigenvalue weighted by Crippen LogP contribution is -2.48. The summed E-state index contributed by atoms with van der Waals surface area (Å²) >= 11 is 0. The number of likely N-dealkylation sites (tertiary alicyclic amines) is 1. The highest BCUT2D eigenvalue weighted by Crippen LogP contribution is 2.22. The number of aromatic nitrogens is 1. The summed E-state index contributed by atoms with van der Waals surface area (Å²) in [5, 5.41) is 12.8. The van der Waals surface area contributed by atoms with Gasteiger partial charge in [-0.2, -0.15) is 0 Å². The van der Waals surface area contributed by atoms with Gasteiger partial charge in [0.2, 0.25) is 11.8 Å². The number of aromatic amines is 1. The number of aliphatic hydroxyl groups is 1. The van der Waals surface area contributed by atoms with E-state index in [0.717, 1.165) is 17.4 Å². The van der Waals surface area contributed by atoms with E-state index in [4.69, 9.17) is 0 Å². The molecule has 2 amide bonds. The minimum Gasteiger partial charge on any atom is -0.396 e. The first-order valence-corrected chi connectivity index (χ1v) is 8.40. The number of hydrogen-bond donors (Lipinski definition) is 3. The zero-order valence-corrected chi connectivity index (χ0v) is 14.1. The van der Waals surface area contributed by atoms with Crippen LogP contribution in [0.5, 0.6) is 0 Å². The van der Waals surface area contributed by atoms with Crippen LogP contribution >= 0.6 is 0 Å². The molecule has 0 radical (unpaired) electrons. The molecule has 1 aromatic heterocycles. The van der Waals surface area contributed by atoms with E-state index in [1.54, 1.807) is 17.2 Å². The summed E-state index contributed by atoms with van der Waals surface area (Å²) in [4.78, 5) is 29.1. The predicted molar refractivity (Wildman–Crippen MR) is 91.3 cm³/mol. The van der Waals surface area contributed by atoms with E-state index in [1.165, 1.54) is 19.1 Å². The van der Waals surface area contributed by atoms with Gasteiger partial charge in [0.05, 0.1) is 0 Å². The number of halogens is 1. The van der Waals surface area contributed by atoms with Crippen molar-refractivity contribution in [3.05, 3.63) is 35.8 Å². The number of hydrogen-bond acceptors (Lipinski definition) is 3. The van der Waals surface area contributed by atoms with Crippen LogP contribution in [0.3, 0.4) is 0 Å². The number of benzene rings is 1. The van der Waals surface area contributed by atoms with Crippen molar-refractivity contribution in [3.63, 3.8) is 0 Å². The quantitative estimate of drug-likeness (QED) is 0.760.